The normalized spacial score (nSPS) is 15.8. The highest BCUT2D eigenvalue weighted by Gasteiger charge is 2.30. The number of amides is 1. The third kappa shape index (κ3) is 3.07. The van der Waals surface area contributed by atoms with Crippen molar-refractivity contribution in [1.82, 2.24) is 5.32 Å². The summed E-state index contributed by atoms with van der Waals surface area (Å²) in [5.74, 6) is -0.445. The lowest BCUT2D eigenvalue weighted by Crippen LogP contribution is -2.44. The van der Waals surface area contributed by atoms with Crippen LogP contribution in [0.2, 0.25) is 0 Å². The van der Waals surface area contributed by atoms with Gasteiger partial charge in [-0.15, -0.1) is 0 Å². The van der Waals surface area contributed by atoms with E-state index in [0.29, 0.717) is 12.0 Å². The maximum absolute atomic E-state index is 13.6. The second-order valence-electron chi connectivity index (χ2n) is 4.84. The molecule has 3 N–H and O–H groups in total. The van der Waals surface area contributed by atoms with Crippen molar-refractivity contribution >= 4 is 5.91 Å². The van der Waals surface area contributed by atoms with Gasteiger partial charge < -0.3 is 11.1 Å². The molecule has 1 aromatic carbocycles. The van der Waals surface area contributed by atoms with Crippen molar-refractivity contribution in [3.63, 3.8) is 0 Å². The minimum atomic E-state index is -0.598. The van der Waals surface area contributed by atoms with E-state index in [1.54, 1.807) is 25.1 Å². The predicted molar refractivity (Wildman–Crippen MR) is 70.4 cm³/mol. The molecule has 1 aromatic rings. The van der Waals surface area contributed by atoms with Gasteiger partial charge in [0.05, 0.1) is 11.5 Å². The van der Waals surface area contributed by atoms with E-state index < -0.39 is 5.41 Å². The summed E-state index contributed by atoms with van der Waals surface area (Å²) in [4.78, 5) is 12.1. The summed E-state index contributed by atoms with van der Waals surface area (Å²) in [6.45, 7) is 5.78. The Morgan fingerprint density at radius 3 is 2.61 bits per heavy atom. The van der Waals surface area contributed by atoms with Gasteiger partial charge in [-0.05, 0) is 26.3 Å². The van der Waals surface area contributed by atoms with E-state index in [-0.39, 0.29) is 24.3 Å². The Morgan fingerprint density at radius 1 is 1.50 bits per heavy atom. The molecular formula is C14H21FN2O. The summed E-state index contributed by atoms with van der Waals surface area (Å²) in [6.07, 6.45) is 0.652. The van der Waals surface area contributed by atoms with Crippen LogP contribution in [0.4, 0.5) is 4.39 Å². The molecule has 0 aromatic heterocycles. The molecule has 100 valence electrons. The average molecular weight is 252 g/mol. The van der Waals surface area contributed by atoms with Crippen LogP contribution < -0.4 is 11.1 Å². The van der Waals surface area contributed by atoms with E-state index in [2.05, 4.69) is 5.32 Å². The second-order valence-corrected chi connectivity index (χ2v) is 4.84. The maximum atomic E-state index is 13.6. The molecule has 4 heteroatoms. The van der Waals surface area contributed by atoms with E-state index in [1.165, 1.54) is 6.07 Å². The van der Waals surface area contributed by atoms with Crippen LogP contribution in [0.3, 0.4) is 0 Å². The molecule has 0 heterocycles. The van der Waals surface area contributed by atoms with Gasteiger partial charge in [-0.1, -0.05) is 25.1 Å². The first-order chi connectivity index (χ1) is 8.44. The predicted octanol–water partition coefficient (Wildman–Crippen LogP) is 2.38. The number of rotatable bonds is 5. The van der Waals surface area contributed by atoms with Crippen molar-refractivity contribution in [1.29, 1.82) is 0 Å². The topological polar surface area (TPSA) is 55.1 Å². The molecular weight excluding hydrogens is 231 g/mol. The zero-order valence-electron chi connectivity index (χ0n) is 11.2. The molecule has 0 aliphatic rings. The highest BCUT2D eigenvalue weighted by atomic mass is 19.1. The molecule has 0 bridgehead atoms. The second kappa shape index (κ2) is 5.96. The summed E-state index contributed by atoms with van der Waals surface area (Å²) in [7, 11) is 0. The Labute approximate surface area is 108 Å². The molecule has 1 amide bonds. The zero-order chi connectivity index (χ0) is 13.8. The Bertz CT molecular complexity index is 416. The Hall–Kier alpha value is -1.42. The van der Waals surface area contributed by atoms with Crippen LogP contribution in [0.15, 0.2) is 24.3 Å². The minimum Gasteiger partial charge on any atom is -0.349 e. The molecule has 2 atom stereocenters. The summed E-state index contributed by atoms with van der Waals surface area (Å²) in [6, 6.07) is 6.08. The van der Waals surface area contributed by atoms with Gasteiger partial charge in [0.25, 0.3) is 0 Å². The summed E-state index contributed by atoms with van der Waals surface area (Å²) in [5, 5.41) is 2.82. The molecule has 3 nitrogen and oxygen atoms in total. The van der Waals surface area contributed by atoms with Gasteiger partial charge in [-0.3, -0.25) is 4.79 Å². The van der Waals surface area contributed by atoms with Gasteiger partial charge in [-0.2, -0.15) is 0 Å². The third-order valence-electron chi connectivity index (χ3n) is 3.50. The average Bonchev–Trinajstić information content (AvgIpc) is 2.38. The Morgan fingerprint density at radius 2 is 2.11 bits per heavy atom. The van der Waals surface area contributed by atoms with Crippen molar-refractivity contribution in [3.8, 4) is 0 Å². The van der Waals surface area contributed by atoms with Crippen LogP contribution in [0.1, 0.15) is 38.8 Å². The molecule has 0 spiro atoms. The van der Waals surface area contributed by atoms with Crippen LogP contribution in [0.25, 0.3) is 0 Å². The van der Waals surface area contributed by atoms with Gasteiger partial charge in [0, 0.05) is 12.1 Å². The Kier molecular flexibility index (Phi) is 4.84. The fourth-order valence-corrected chi connectivity index (χ4v) is 1.67. The molecule has 18 heavy (non-hydrogen) atoms. The Balaban J connectivity index is 2.80. The van der Waals surface area contributed by atoms with E-state index in [4.69, 9.17) is 5.73 Å². The fourth-order valence-electron chi connectivity index (χ4n) is 1.67. The van der Waals surface area contributed by atoms with Crippen molar-refractivity contribution in [2.75, 3.05) is 6.54 Å². The zero-order valence-corrected chi connectivity index (χ0v) is 11.2. The summed E-state index contributed by atoms with van der Waals surface area (Å²) >= 11 is 0. The first-order valence-electron chi connectivity index (χ1n) is 6.20. The molecule has 1 rings (SSSR count). The molecule has 0 saturated heterocycles. The van der Waals surface area contributed by atoms with Crippen LogP contribution in [0, 0.1) is 11.2 Å². The van der Waals surface area contributed by atoms with Crippen molar-refractivity contribution < 1.29 is 9.18 Å². The lowest BCUT2D eigenvalue weighted by atomic mass is 9.86. The molecule has 2 unspecified atom stereocenters. The van der Waals surface area contributed by atoms with E-state index >= 15 is 0 Å². The van der Waals surface area contributed by atoms with Gasteiger partial charge in [0.15, 0.2) is 0 Å². The number of halogens is 1. The largest absolute Gasteiger partial charge is 0.349 e. The van der Waals surface area contributed by atoms with Gasteiger partial charge in [-0.25, -0.2) is 4.39 Å². The quantitative estimate of drug-likeness (QED) is 0.845. The van der Waals surface area contributed by atoms with Crippen LogP contribution in [-0.4, -0.2) is 12.5 Å². The number of carbonyl (C=O) groups is 1. The standard InChI is InChI=1S/C14H21FN2O/c1-4-14(3,9-16)13(18)17-10(2)11-7-5-6-8-12(11)15/h5-8,10H,4,9,16H2,1-3H3,(H,17,18). The van der Waals surface area contributed by atoms with Gasteiger partial charge in [0.2, 0.25) is 5.91 Å². The first-order valence-corrected chi connectivity index (χ1v) is 6.20. The molecule has 0 aliphatic carbocycles. The fraction of sp³-hybridized carbons (Fsp3) is 0.500. The highest BCUT2D eigenvalue weighted by molar-refractivity contribution is 5.82. The van der Waals surface area contributed by atoms with E-state index in [1.807, 2.05) is 13.8 Å². The lowest BCUT2D eigenvalue weighted by molar-refractivity contribution is -0.130. The number of hydrogen-bond donors (Lipinski definition) is 2. The minimum absolute atomic E-state index is 0.136. The van der Waals surface area contributed by atoms with Crippen LogP contribution in [-0.2, 0) is 4.79 Å². The molecule has 0 fully saturated rings. The van der Waals surface area contributed by atoms with Gasteiger partial charge >= 0.3 is 0 Å². The number of nitrogens with one attached hydrogen (secondary N) is 1. The smallest absolute Gasteiger partial charge is 0.227 e. The van der Waals surface area contributed by atoms with Crippen molar-refractivity contribution in [2.45, 2.75) is 33.2 Å². The number of benzene rings is 1. The molecule has 0 saturated carbocycles. The summed E-state index contributed by atoms with van der Waals surface area (Å²) < 4.78 is 13.6. The monoisotopic (exact) mass is 252 g/mol. The van der Waals surface area contributed by atoms with Crippen molar-refractivity contribution in [2.24, 2.45) is 11.1 Å². The van der Waals surface area contributed by atoms with E-state index in [9.17, 15) is 9.18 Å². The molecule has 0 radical (unpaired) electrons. The maximum Gasteiger partial charge on any atom is 0.227 e. The SMILES string of the molecule is CCC(C)(CN)C(=O)NC(C)c1ccccc1F. The number of carbonyl (C=O) groups excluding carboxylic acids is 1. The van der Waals surface area contributed by atoms with Crippen LogP contribution in [0.5, 0.6) is 0 Å². The van der Waals surface area contributed by atoms with Crippen molar-refractivity contribution in [3.05, 3.63) is 35.6 Å². The number of hydrogen-bond acceptors (Lipinski definition) is 2. The first kappa shape index (κ1) is 14.6. The number of nitrogens with two attached hydrogens (primary N) is 1. The lowest BCUT2D eigenvalue weighted by Gasteiger charge is -2.27. The highest BCUT2D eigenvalue weighted by Crippen LogP contribution is 2.22. The summed E-state index contributed by atoms with van der Waals surface area (Å²) in [5.41, 5.74) is 5.52. The van der Waals surface area contributed by atoms with Crippen LogP contribution >= 0.6 is 0 Å². The van der Waals surface area contributed by atoms with E-state index in [0.717, 1.165) is 0 Å². The third-order valence-corrected chi connectivity index (χ3v) is 3.50. The molecule has 0 aliphatic heterocycles. The van der Waals surface area contributed by atoms with Gasteiger partial charge in [0.1, 0.15) is 5.82 Å².